The van der Waals surface area contributed by atoms with Crippen molar-refractivity contribution in [3.63, 3.8) is 0 Å². The highest BCUT2D eigenvalue weighted by atomic mass is 16.6. The van der Waals surface area contributed by atoms with Crippen LogP contribution in [-0.4, -0.2) is 28.0 Å². The van der Waals surface area contributed by atoms with E-state index in [0.717, 1.165) is 16.8 Å². The number of rotatable bonds is 7. The van der Waals surface area contributed by atoms with E-state index in [1.807, 2.05) is 45.7 Å². The SMILES string of the molecule is C=CN(/C=C(/CN1C=C(C(=O)OC(C)(C)C)NN1)C(=C)C)C(=C)C. The van der Waals surface area contributed by atoms with E-state index < -0.39 is 11.6 Å². The van der Waals surface area contributed by atoms with Crippen LogP contribution in [-0.2, 0) is 9.53 Å². The third-order valence-corrected chi connectivity index (χ3v) is 3.06. The van der Waals surface area contributed by atoms with Crippen LogP contribution in [0.2, 0.25) is 0 Å². The number of carbonyl (C=O) groups is 1. The van der Waals surface area contributed by atoms with Crippen LogP contribution in [0.15, 0.2) is 60.9 Å². The summed E-state index contributed by atoms with van der Waals surface area (Å²) in [7, 11) is 0. The Hall–Kier alpha value is -2.47. The van der Waals surface area contributed by atoms with E-state index in [-0.39, 0.29) is 0 Å². The molecule has 0 saturated heterocycles. The highest BCUT2D eigenvalue weighted by Gasteiger charge is 2.24. The molecule has 0 aromatic carbocycles. The average Bonchev–Trinajstić information content (AvgIpc) is 2.89. The van der Waals surface area contributed by atoms with Crippen molar-refractivity contribution in [1.82, 2.24) is 20.9 Å². The molecule has 0 unspecified atom stereocenters. The van der Waals surface area contributed by atoms with Crippen LogP contribution < -0.4 is 11.0 Å². The maximum absolute atomic E-state index is 12.1. The quantitative estimate of drug-likeness (QED) is 0.552. The normalized spacial score (nSPS) is 14.6. The van der Waals surface area contributed by atoms with Crippen LogP contribution in [0.5, 0.6) is 0 Å². The summed E-state index contributed by atoms with van der Waals surface area (Å²) in [5, 5.41) is 1.75. The zero-order valence-electron chi connectivity index (χ0n) is 15.3. The molecule has 1 rings (SSSR count). The fraction of sp³-hybridized carbons (Fsp3) is 0.389. The minimum atomic E-state index is -0.540. The molecule has 2 N–H and O–H groups in total. The number of hydrogen-bond acceptors (Lipinski definition) is 6. The van der Waals surface area contributed by atoms with Gasteiger partial charge in [0.1, 0.15) is 5.60 Å². The van der Waals surface area contributed by atoms with E-state index in [2.05, 4.69) is 30.7 Å². The molecule has 6 nitrogen and oxygen atoms in total. The molecule has 0 amide bonds. The van der Waals surface area contributed by atoms with Crippen LogP contribution in [0, 0.1) is 0 Å². The average molecular weight is 332 g/mol. The van der Waals surface area contributed by atoms with Crippen molar-refractivity contribution < 1.29 is 9.53 Å². The summed E-state index contributed by atoms with van der Waals surface area (Å²) in [6.45, 7) is 21.5. The first-order chi connectivity index (χ1) is 11.0. The monoisotopic (exact) mass is 332 g/mol. The second kappa shape index (κ2) is 7.88. The standard InChI is InChI=1S/C18H28N4O2/c1-9-21(14(4)5)10-15(13(2)3)11-22-12-16(19-20-22)17(23)24-18(6,7)8/h9-10,12,19-20H,1-2,4,11H2,3,5-8H3/b15-10-. The summed E-state index contributed by atoms with van der Waals surface area (Å²) in [5.41, 5.74) is 8.27. The smallest absolute Gasteiger partial charge is 0.357 e. The summed E-state index contributed by atoms with van der Waals surface area (Å²) in [5.74, 6) is -0.409. The predicted molar refractivity (Wildman–Crippen MR) is 96.7 cm³/mol. The number of nitrogens with one attached hydrogen (secondary N) is 2. The van der Waals surface area contributed by atoms with Crippen LogP contribution in [0.4, 0.5) is 0 Å². The zero-order chi connectivity index (χ0) is 18.5. The summed E-state index contributed by atoms with van der Waals surface area (Å²) >= 11 is 0. The number of nitrogens with zero attached hydrogens (tertiary/aromatic N) is 2. The van der Waals surface area contributed by atoms with Gasteiger partial charge in [-0.2, -0.15) is 0 Å². The Morgan fingerprint density at radius 1 is 1.38 bits per heavy atom. The van der Waals surface area contributed by atoms with Crippen LogP contribution in [0.1, 0.15) is 34.6 Å². The van der Waals surface area contributed by atoms with Crippen LogP contribution >= 0.6 is 0 Å². The molecule has 0 aliphatic carbocycles. The Labute approximate surface area is 144 Å². The van der Waals surface area contributed by atoms with Gasteiger partial charge in [0, 0.05) is 18.1 Å². The Morgan fingerprint density at radius 3 is 2.46 bits per heavy atom. The number of allylic oxidation sites excluding steroid dienone is 1. The van der Waals surface area contributed by atoms with E-state index >= 15 is 0 Å². The maximum Gasteiger partial charge on any atom is 0.357 e. The number of esters is 1. The molecule has 0 bridgehead atoms. The molecule has 24 heavy (non-hydrogen) atoms. The third kappa shape index (κ3) is 5.96. The molecule has 0 fully saturated rings. The lowest BCUT2D eigenvalue weighted by molar-refractivity contribution is -0.150. The first-order valence-electron chi connectivity index (χ1n) is 7.70. The van der Waals surface area contributed by atoms with Gasteiger partial charge < -0.3 is 9.64 Å². The Morgan fingerprint density at radius 2 is 2.00 bits per heavy atom. The van der Waals surface area contributed by atoms with E-state index in [9.17, 15) is 4.79 Å². The van der Waals surface area contributed by atoms with E-state index in [0.29, 0.717) is 12.2 Å². The van der Waals surface area contributed by atoms with Gasteiger partial charge in [0.2, 0.25) is 0 Å². The van der Waals surface area contributed by atoms with Gasteiger partial charge in [0.25, 0.3) is 0 Å². The van der Waals surface area contributed by atoms with Crippen molar-refractivity contribution in [2.75, 3.05) is 6.54 Å². The van der Waals surface area contributed by atoms with Crippen molar-refractivity contribution in [2.24, 2.45) is 0 Å². The fourth-order valence-corrected chi connectivity index (χ4v) is 1.83. The minimum Gasteiger partial charge on any atom is -0.455 e. The van der Waals surface area contributed by atoms with Gasteiger partial charge in [-0.25, -0.2) is 4.79 Å². The second-order valence-corrected chi connectivity index (χ2v) is 6.67. The van der Waals surface area contributed by atoms with Crippen molar-refractivity contribution in [2.45, 2.75) is 40.2 Å². The highest BCUT2D eigenvalue weighted by molar-refractivity contribution is 5.88. The van der Waals surface area contributed by atoms with Crippen molar-refractivity contribution in [3.8, 4) is 0 Å². The molecular formula is C18H28N4O2. The molecule has 1 aliphatic rings. The van der Waals surface area contributed by atoms with Crippen molar-refractivity contribution in [1.29, 1.82) is 0 Å². The van der Waals surface area contributed by atoms with Gasteiger partial charge in [0.05, 0.1) is 12.7 Å². The van der Waals surface area contributed by atoms with Gasteiger partial charge >= 0.3 is 5.97 Å². The lowest BCUT2D eigenvalue weighted by Crippen LogP contribution is -2.39. The van der Waals surface area contributed by atoms with E-state index in [1.54, 1.807) is 17.4 Å². The first kappa shape index (κ1) is 19.6. The Balaban J connectivity index is 2.85. The van der Waals surface area contributed by atoms with E-state index in [4.69, 9.17) is 4.74 Å². The van der Waals surface area contributed by atoms with Gasteiger partial charge in [-0.15, -0.1) is 5.53 Å². The molecular weight excluding hydrogens is 304 g/mol. The van der Waals surface area contributed by atoms with Gasteiger partial charge in [-0.1, -0.05) is 25.3 Å². The number of hydrogen-bond donors (Lipinski definition) is 2. The molecule has 0 radical (unpaired) electrons. The molecule has 0 atom stereocenters. The molecule has 0 spiro atoms. The zero-order valence-corrected chi connectivity index (χ0v) is 15.3. The van der Waals surface area contributed by atoms with Gasteiger partial charge in [-0.05, 0) is 40.2 Å². The molecule has 0 saturated carbocycles. The summed E-state index contributed by atoms with van der Waals surface area (Å²) in [4.78, 5) is 13.9. The largest absolute Gasteiger partial charge is 0.455 e. The Kier molecular flexibility index (Phi) is 6.42. The summed E-state index contributed by atoms with van der Waals surface area (Å²) in [6.07, 6.45) is 5.27. The van der Waals surface area contributed by atoms with Crippen molar-refractivity contribution in [3.05, 3.63) is 60.9 Å². The lowest BCUT2D eigenvalue weighted by Gasteiger charge is -2.21. The minimum absolute atomic E-state index is 0.353. The predicted octanol–water partition coefficient (Wildman–Crippen LogP) is 2.93. The molecule has 1 heterocycles. The maximum atomic E-state index is 12.1. The topological polar surface area (TPSA) is 56.8 Å². The number of ether oxygens (including phenoxy) is 1. The third-order valence-electron chi connectivity index (χ3n) is 3.06. The van der Waals surface area contributed by atoms with Gasteiger partial charge in [-0.3, -0.25) is 10.4 Å². The molecule has 0 aromatic heterocycles. The molecule has 0 aromatic rings. The molecule has 1 aliphatic heterocycles. The summed E-state index contributed by atoms with van der Waals surface area (Å²) < 4.78 is 5.33. The Bertz CT molecular complexity index is 597. The van der Waals surface area contributed by atoms with Gasteiger partial charge in [0.15, 0.2) is 5.70 Å². The molecule has 132 valence electrons. The summed E-state index contributed by atoms with van der Waals surface area (Å²) in [6, 6.07) is 0. The van der Waals surface area contributed by atoms with Crippen LogP contribution in [0.3, 0.4) is 0 Å². The number of hydrazine groups is 2. The number of carbonyl (C=O) groups excluding carboxylic acids is 1. The fourth-order valence-electron chi connectivity index (χ4n) is 1.83. The van der Waals surface area contributed by atoms with E-state index in [1.165, 1.54) is 0 Å². The van der Waals surface area contributed by atoms with Crippen molar-refractivity contribution >= 4 is 5.97 Å². The highest BCUT2D eigenvalue weighted by Crippen LogP contribution is 2.16. The van der Waals surface area contributed by atoms with Crippen LogP contribution in [0.25, 0.3) is 0 Å². The second-order valence-electron chi connectivity index (χ2n) is 6.67. The lowest BCUT2D eigenvalue weighted by atomic mass is 10.1. The molecule has 6 heteroatoms. The first-order valence-corrected chi connectivity index (χ1v) is 7.70.